The van der Waals surface area contributed by atoms with E-state index in [0.717, 1.165) is 25.9 Å². The van der Waals surface area contributed by atoms with Crippen LogP contribution in [0.3, 0.4) is 0 Å². The number of benzene rings is 1. The van der Waals surface area contributed by atoms with Crippen LogP contribution in [0.15, 0.2) is 24.3 Å². The molecule has 24 heavy (non-hydrogen) atoms. The summed E-state index contributed by atoms with van der Waals surface area (Å²) in [5.41, 5.74) is 0.348. The van der Waals surface area contributed by atoms with Gasteiger partial charge < -0.3 is 14.4 Å². The number of halogens is 1. The van der Waals surface area contributed by atoms with Gasteiger partial charge in [-0.1, -0.05) is 18.2 Å². The minimum Gasteiger partial charge on any atom is -0.381 e. The second kappa shape index (κ2) is 7.62. The molecular formula is C19H26FNO3. The molecule has 0 spiro atoms. The average Bonchev–Trinajstić information content (AvgIpc) is 2.61. The Kier molecular flexibility index (Phi) is 5.51. The van der Waals surface area contributed by atoms with Gasteiger partial charge in [-0.15, -0.1) is 0 Å². The zero-order valence-corrected chi connectivity index (χ0v) is 14.3. The van der Waals surface area contributed by atoms with Gasteiger partial charge in [0, 0.05) is 31.7 Å². The van der Waals surface area contributed by atoms with Crippen molar-refractivity contribution in [2.24, 2.45) is 5.41 Å². The Hall–Kier alpha value is -1.46. The Morgan fingerprint density at radius 1 is 1.46 bits per heavy atom. The molecule has 2 fully saturated rings. The molecule has 0 radical (unpaired) electrons. The van der Waals surface area contributed by atoms with Crippen molar-refractivity contribution >= 4 is 5.91 Å². The van der Waals surface area contributed by atoms with E-state index in [0.29, 0.717) is 31.9 Å². The van der Waals surface area contributed by atoms with Crippen molar-refractivity contribution in [3.05, 3.63) is 35.6 Å². The van der Waals surface area contributed by atoms with Gasteiger partial charge in [0.15, 0.2) is 0 Å². The Morgan fingerprint density at radius 2 is 2.29 bits per heavy atom. The van der Waals surface area contributed by atoms with Crippen LogP contribution < -0.4 is 0 Å². The normalized spacial score (nSPS) is 26.9. The van der Waals surface area contributed by atoms with Crippen LogP contribution in [0.25, 0.3) is 0 Å². The summed E-state index contributed by atoms with van der Waals surface area (Å²) in [6, 6.07) is 6.49. The molecule has 0 bridgehead atoms. The van der Waals surface area contributed by atoms with Crippen LogP contribution >= 0.6 is 0 Å². The third kappa shape index (κ3) is 3.62. The third-order valence-electron chi connectivity index (χ3n) is 5.23. The van der Waals surface area contributed by atoms with Crippen LogP contribution in [0.5, 0.6) is 0 Å². The topological polar surface area (TPSA) is 38.8 Å². The van der Waals surface area contributed by atoms with Crippen molar-refractivity contribution in [1.82, 2.24) is 4.90 Å². The van der Waals surface area contributed by atoms with Crippen LogP contribution in [-0.4, -0.2) is 49.8 Å². The van der Waals surface area contributed by atoms with E-state index in [2.05, 4.69) is 0 Å². The predicted molar refractivity (Wildman–Crippen MR) is 89.2 cm³/mol. The zero-order chi connectivity index (χ0) is 17.0. The molecule has 0 unspecified atom stereocenters. The van der Waals surface area contributed by atoms with E-state index < -0.39 is 0 Å². The van der Waals surface area contributed by atoms with E-state index in [9.17, 15) is 9.18 Å². The molecule has 2 atom stereocenters. The number of hydrogen-bond donors (Lipinski definition) is 0. The lowest BCUT2D eigenvalue weighted by atomic mass is 9.73. The van der Waals surface area contributed by atoms with Crippen LogP contribution in [0, 0.1) is 11.2 Å². The second-order valence-electron chi connectivity index (χ2n) is 6.83. The van der Waals surface area contributed by atoms with Gasteiger partial charge in [0.05, 0.1) is 19.1 Å². The lowest BCUT2D eigenvalue weighted by Gasteiger charge is -2.50. The van der Waals surface area contributed by atoms with Gasteiger partial charge in [-0.25, -0.2) is 4.39 Å². The first-order chi connectivity index (χ1) is 11.6. The fourth-order valence-corrected chi connectivity index (χ4v) is 3.94. The molecule has 1 aromatic rings. The van der Waals surface area contributed by atoms with E-state index in [-0.39, 0.29) is 29.7 Å². The van der Waals surface area contributed by atoms with Gasteiger partial charge in [-0.05, 0) is 37.8 Å². The lowest BCUT2D eigenvalue weighted by Crippen LogP contribution is -2.58. The number of likely N-dealkylation sites (tertiary alicyclic amines) is 1. The van der Waals surface area contributed by atoms with Gasteiger partial charge >= 0.3 is 0 Å². The summed E-state index contributed by atoms with van der Waals surface area (Å²) in [5, 5.41) is 0. The molecule has 132 valence electrons. The fraction of sp³-hybridized carbons (Fsp3) is 0.632. The summed E-state index contributed by atoms with van der Waals surface area (Å²) in [6.07, 6.45) is 3.12. The number of ether oxygens (including phenoxy) is 2. The third-order valence-corrected chi connectivity index (χ3v) is 5.23. The van der Waals surface area contributed by atoms with E-state index in [4.69, 9.17) is 9.47 Å². The maximum Gasteiger partial charge on any atom is 0.227 e. The average molecular weight is 335 g/mol. The second-order valence-corrected chi connectivity index (χ2v) is 6.83. The number of hydrogen-bond acceptors (Lipinski definition) is 3. The van der Waals surface area contributed by atoms with E-state index in [1.165, 1.54) is 6.07 Å². The maximum atomic E-state index is 13.8. The van der Waals surface area contributed by atoms with E-state index in [1.807, 2.05) is 11.8 Å². The molecule has 2 aliphatic heterocycles. The number of piperidine rings is 1. The summed E-state index contributed by atoms with van der Waals surface area (Å²) >= 11 is 0. The van der Waals surface area contributed by atoms with Crippen molar-refractivity contribution in [3.63, 3.8) is 0 Å². The maximum absolute atomic E-state index is 13.8. The Morgan fingerprint density at radius 3 is 3.08 bits per heavy atom. The number of fused-ring (bicyclic) bond motifs is 1. The van der Waals surface area contributed by atoms with Crippen LogP contribution in [-0.2, 0) is 20.7 Å². The van der Waals surface area contributed by atoms with E-state index in [1.54, 1.807) is 18.2 Å². The van der Waals surface area contributed by atoms with Crippen LogP contribution in [0.2, 0.25) is 0 Å². The number of amides is 1. The zero-order valence-electron chi connectivity index (χ0n) is 14.3. The first-order valence-corrected chi connectivity index (χ1v) is 8.85. The molecule has 4 nitrogen and oxygen atoms in total. The minimum atomic E-state index is -0.314. The summed E-state index contributed by atoms with van der Waals surface area (Å²) < 4.78 is 25.5. The van der Waals surface area contributed by atoms with Crippen LogP contribution in [0.4, 0.5) is 4.39 Å². The summed E-state index contributed by atoms with van der Waals surface area (Å²) in [5.74, 6) is -0.328. The molecule has 2 saturated heterocycles. The van der Waals surface area contributed by atoms with Crippen LogP contribution in [0.1, 0.15) is 31.7 Å². The molecule has 0 aromatic heterocycles. The van der Waals surface area contributed by atoms with Gasteiger partial charge in [-0.2, -0.15) is 0 Å². The molecule has 0 aliphatic carbocycles. The SMILES string of the molecule is CCOC[C@]12CCCO[C@@H]1CCN(C(=O)Cc1ccccc1F)C2. The monoisotopic (exact) mass is 335 g/mol. The largest absolute Gasteiger partial charge is 0.381 e. The summed E-state index contributed by atoms with van der Waals surface area (Å²) in [4.78, 5) is 14.6. The number of nitrogens with zero attached hydrogens (tertiary/aromatic N) is 1. The first kappa shape index (κ1) is 17.4. The van der Waals surface area contributed by atoms with E-state index >= 15 is 0 Å². The minimum absolute atomic E-state index is 0.0139. The van der Waals surface area contributed by atoms with Crippen molar-refractivity contribution in [1.29, 1.82) is 0 Å². The number of rotatable bonds is 5. The lowest BCUT2D eigenvalue weighted by molar-refractivity contribution is -0.163. The Bertz CT molecular complexity index is 579. The molecule has 2 heterocycles. The summed E-state index contributed by atoms with van der Waals surface area (Å²) in [7, 11) is 0. The fourth-order valence-electron chi connectivity index (χ4n) is 3.94. The smallest absolute Gasteiger partial charge is 0.227 e. The predicted octanol–water partition coefficient (Wildman–Crippen LogP) is 2.80. The highest BCUT2D eigenvalue weighted by Gasteiger charge is 2.47. The number of carbonyl (C=O) groups is 1. The Labute approximate surface area is 142 Å². The molecular weight excluding hydrogens is 309 g/mol. The van der Waals surface area contributed by atoms with Crippen molar-refractivity contribution in [2.45, 2.75) is 38.7 Å². The molecule has 5 heteroatoms. The number of carbonyl (C=O) groups excluding carboxylic acids is 1. The molecule has 2 aliphatic rings. The molecule has 1 amide bonds. The first-order valence-electron chi connectivity index (χ1n) is 8.85. The van der Waals surface area contributed by atoms with Crippen molar-refractivity contribution in [2.75, 3.05) is 32.9 Å². The van der Waals surface area contributed by atoms with Gasteiger partial charge in [0.25, 0.3) is 0 Å². The van der Waals surface area contributed by atoms with Crippen molar-refractivity contribution in [3.8, 4) is 0 Å². The standard InChI is InChI=1S/C19H26FNO3/c1-2-23-14-19-9-5-11-24-17(19)8-10-21(13-19)18(22)12-15-6-3-4-7-16(15)20/h3-4,6-7,17H,2,5,8-14H2,1H3/t17-,19-/m1/s1. The highest BCUT2D eigenvalue weighted by Crippen LogP contribution is 2.40. The molecule has 0 N–H and O–H groups in total. The van der Waals surface area contributed by atoms with Crippen molar-refractivity contribution < 1.29 is 18.7 Å². The highest BCUT2D eigenvalue weighted by atomic mass is 19.1. The quantitative estimate of drug-likeness (QED) is 0.830. The molecule has 3 rings (SSSR count). The Balaban J connectivity index is 1.70. The van der Waals surface area contributed by atoms with Gasteiger partial charge in [0.1, 0.15) is 5.82 Å². The molecule has 1 aromatic carbocycles. The van der Waals surface area contributed by atoms with Gasteiger partial charge in [0.2, 0.25) is 5.91 Å². The summed E-state index contributed by atoms with van der Waals surface area (Å²) in [6.45, 7) is 5.38. The highest BCUT2D eigenvalue weighted by molar-refractivity contribution is 5.79. The van der Waals surface area contributed by atoms with Gasteiger partial charge in [-0.3, -0.25) is 4.79 Å². The molecule has 0 saturated carbocycles.